The zero-order valence-electron chi connectivity index (χ0n) is 9.06. The number of benzene rings is 1. The molecule has 2 rings (SSSR count). The van der Waals surface area contributed by atoms with Crippen LogP contribution in [0.4, 0.5) is 0 Å². The second-order valence-electron chi connectivity index (χ2n) is 4.17. The molecule has 86 valence electrons. The van der Waals surface area contributed by atoms with E-state index in [1.54, 1.807) is 18.2 Å². The molecule has 2 atom stereocenters. The molecule has 4 heteroatoms. The maximum atomic E-state index is 11.2. The molecule has 0 radical (unpaired) electrons. The van der Waals surface area contributed by atoms with Gasteiger partial charge in [0.15, 0.2) is 0 Å². The summed E-state index contributed by atoms with van der Waals surface area (Å²) in [6.45, 7) is 0. The first kappa shape index (κ1) is 11.0. The van der Waals surface area contributed by atoms with Crippen molar-refractivity contribution in [2.75, 3.05) is 0 Å². The van der Waals surface area contributed by atoms with Gasteiger partial charge in [-0.15, -0.1) is 0 Å². The van der Waals surface area contributed by atoms with E-state index in [2.05, 4.69) is 0 Å². The summed E-state index contributed by atoms with van der Waals surface area (Å²) in [4.78, 5) is 11.2. The number of hydrogen-bond acceptors (Lipinski definition) is 3. The minimum atomic E-state index is -0.460. The molecule has 0 saturated heterocycles. The highest BCUT2D eigenvalue weighted by atomic mass is 16.5. The highest BCUT2D eigenvalue weighted by molar-refractivity contribution is 5.95. The molecule has 1 aromatic rings. The summed E-state index contributed by atoms with van der Waals surface area (Å²) in [5.41, 5.74) is 11.5. The Kier molecular flexibility index (Phi) is 3.10. The first-order chi connectivity index (χ1) is 7.66. The van der Waals surface area contributed by atoms with Crippen molar-refractivity contribution in [3.8, 4) is 5.75 Å². The van der Waals surface area contributed by atoms with Gasteiger partial charge in [0.05, 0.1) is 5.56 Å². The molecule has 0 aliphatic heterocycles. The SMILES string of the molecule is NC(=O)c1ccccc1OC1CCC(N)C1. The van der Waals surface area contributed by atoms with Gasteiger partial charge in [-0.3, -0.25) is 4.79 Å². The molecule has 0 aromatic heterocycles. The molecule has 0 bridgehead atoms. The van der Waals surface area contributed by atoms with Crippen LogP contribution >= 0.6 is 0 Å². The summed E-state index contributed by atoms with van der Waals surface area (Å²) in [7, 11) is 0. The third-order valence-electron chi connectivity index (χ3n) is 2.87. The summed E-state index contributed by atoms with van der Waals surface area (Å²) in [6.07, 6.45) is 2.86. The lowest BCUT2D eigenvalue weighted by atomic mass is 10.2. The molecule has 0 heterocycles. The number of nitrogens with two attached hydrogens (primary N) is 2. The third kappa shape index (κ3) is 2.33. The Hall–Kier alpha value is -1.55. The zero-order valence-corrected chi connectivity index (χ0v) is 9.06. The number of ether oxygens (including phenoxy) is 1. The molecule has 4 nitrogen and oxygen atoms in total. The highest BCUT2D eigenvalue weighted by Gasteiger charge is 2.24. The number of carbonyl (C=O) groups excluding carboxylic acids is 1. The van der Waals surface area contributed by atoms with E-state index in [1.165, 1.54) is 0 Å². The molecular formula is C12H16N2O2. The maximum Gasteiger partial charge on any atom is 0.252 e. The van der Waals surface area contributed by atoms with E-state index < -0.39 is 5.91 Å². The van der Waals surface area contributed by atoms with Gasteiger partial charge in [-0.2, -0.15) is 0 Å². The Balaban J connectivity index is 2.12. The predicted octanol–water partition coefficient (Wildman–Crippen LogP) is 1.04. The number of hydrogen-bond donors (Lipinski definition) is 2. The quantitative estimate of drug-likeness (QED) is 0.799. The largest absolute Gasteiger partial charge is 0.490 e. The third-order valence-corrected chi connectivity index (χ3v) is 2.87. The van der Waals surface area contributed by atoms with Crippen molar-refractivity contribution < 1.29 is 9.53 Å². The van der Waals surface area contributed by atoms with Gasteiger partial charge in [-0.1, -0.05) is 12.1 Å². The summed E-state index contributed by atoms with van der Waals surface area (Å²) in [6, 6.07) is 7.26. The van der Waals surface area contributed by atoms with Crippen LogP contribution in [0.2, 0.25) is 0 Å². The lowest BCUT2D eigenvalue weighted by molar-refractivity contribution is 0.0993. The first-order valence-corrected chi connectivity index (χ1v) is 5.48. The zero-order chi connectivity index (χ0) is 11.5. The van der Waals surface area contributed by atoms with Crippen LogP contribution in [-0.4, -0.2) is 18.1 Å². The molecule has 1 aromatic carbocycles. The van der Waals surface area contributed by atoms with Crippen LogP contribution in [0.5, 0.6) is 5.75 Å². The smallest absolute Gasteiger partial charge is 0.252 e. The minimum Gasteiger partial charge on any atom is -0.490 e. The van der Waals surface area contributed by atoms with Crippen molar-refractivity contribution in [1.82, 2.24) is 0 Å². The molecule has 0 spiro atoms. The molecule has 1 fully saturated rings. The van der Waals surface area contributed by atoms with Crippen molar-refractivity contribution >= 4 is 5.91 Å². The molecular weight excluding hydrogens is 204 g/mol. The fourth-order valence-electron chi connectivity index (χ4n) is 2.03. The standard InChI is InChI=1S/C12H16N2O2/c13-8-5-6-9(7-8)16-11-4-2-1-3-10(11)12(14)15/h1-4,8-9H,5-7,13H2,(H2,14,15). The van der Waals surface area contributed by atoms with Crippen molar-refractivity contribution in [2.45, 2.75) is 31.4 Å². The molecule has 1 amide bonds. The van der Waals surface area contributed by atoms with Crippen LogP contribution < -0.4 is 16.2 Å². The molecule has 4 N–H and O–H groups in total. The Morgan fingerprint density at radius 3 is 2.69 bits per heavy atom. The van der Waals surface area contributed by atoms with Crippen LogP contribution in [0.15, 0.2) is 24.3 Å². The molecule has 1 aliphatic rings. The van der Waals surface area contributed by atoms with Gasteiger partial charge < -0.3 is 16.2 Å². The Morgan fingerprint density at radius 2 is 2.06 bits per heavy atom. The van der Waals surface area contributed by atoms with Crippen molar-refractivity contribution in [1.29, 1.82) is 0 Å². The summed E-state index contributed by atoms with van der Waals surface area (Å²) in [5.74, 6) is 0.104. The van der Waals surface area contributed by atoms with E-state index in [0.29, 0.717) is 11.3 Å². The van der Waals surface area contributed by atoms with E-state index in [-0.39, 0.29) is 12.1 Å². The normalized spacial score (nSPS) is 24.3. The second-order valence-corrected chi connectivity index (χ2v) is 4.17. The maximum absolute atomic E-state index is 11.2. The Bertz CT molecular complexity index is 392. The van der Waals surface area contributed by atoms with Gasteiger partial charge >= 0.3 is 0 Å². The van der Waals surface area contributed by atoms with E-state index in [1.807, 2.05) is 6.07 Å². The van der Waals surface area contributed by atoms with Crippen LogP contribution in [0.25, 0.3) is 0 Å². The van der Waals surface area contributed by atoms with Crippen LogP contribution in [0.3, 0.4) is 0 Å². The lowest BCUT2D eigenvalue weighted by Crippen LogP contribution is -2.20. The summed E-state index contributed by atoms with van der Waals surface area (Å²) in [5, 5.41) is 0. The number of carbonyl (C=O) groups is 1. The molecule has 16 heavy (non-hydrogen) atoms. The fourth-order valence-corrected chi connectivity index (χ4v) is 2.03. The van der Waals surface area contributed by atoms with E-state index in [4.69, 9.17) is 16.2 Å². The van der Waals surface area contributed by atoms with Gasteiger partial charge in [0.1, 0.15) is 11.9 Å². The van der Waals surface area contributed by atoms with E-state index in [0.717, 1.165) is 19.3 Å². The number of para-hydroxylation sites is 1. The average Bonchev–Trinajstić information content (AvgIpc) is 2.64. The summed E-state index contributed by atoms with van der Waals surface area (Å²) >= 11 is 0. The predicted molar refractivity (Wildman–Crippen MR) is 61.2 cm³/mol. The second kappa shape index (κ2) is 4.53. The van der Waals surface area contributed by atoms with Crippen molar-refractivity contribution in [3.05, 3.63) is 29.8 Å². The van der Waals surface area contributed by atoms with Crippen molar-refractivity contribution in [2.24, 2.45) is 11.5 Å². The van der Waals surface area contributed by atoms with Gasteiger partial charge in [-0.05, 0) is 31.4 Å². The molecule has 1 saturated carbocycles. The lowest BCUT2D eigenvalue weighted by Gasteiger charge is -2.15. The average molecular weight is 220 g/mol. The van der Waals surface area contributed by atoms with Gasteiger partial charge in [0.25, 0.3) is 5.91 Å². The first-order valence-electron chi connectivity index (χ1n) is 5.48. The molecule has 2 unspecified atom stereocenters. The number of rotatable bonds is 3. The fraction of sp³-hybridized carbons (Fsp3) is 0.417. The van der Waals surface area contributed by atoms with Gasteiger partial charge in [0.2, 0.25) is 0 Å². The summed E-state index contributed by atoms with van der Waals surface area (Å²) < 4.78 is 5.76. The topological polar surface area (TPSA) is 78.3 Å². The highest BCUT2D eigenvalue weighted by Crippen LogP contribution is 2.25. The number of amides is 1. The van der Waals surface area contributed by atoms with Crippen LogP contribution in [-0.2, 0) is 0 Å². The molecule has 1 aliphatic carbocycles. The van der Waals surface area contributed by atoms with Gasteiger partial charge in [-0.25, -0.2) is 0 Å². The van der Waals surface area contributed by atoms with Gasteiger partial charge in [0, 0.05) is 6.04 Å². The van der Waals surface area contributed by atoms with E-state index in [9.17, 15) is 4.79 Å². The monoisotopic (exact) mass is 220 g/mol. The minimum absolute atomic E-state index is 0.107. The Labute approximate surface area is 94.6 Å². The number of primary amides is 1. The van der Waals surface area contributed by atoms with Crippen LogP contribution in [0.1, 0.15) is 29.6 Å². The Morgan fingerprint density at radius 1 is 1.31 bits per heavy atom. The van der Waals surface area contributed by atoms with E-state index >= 15 is 0 Å². The van der Waals surface area contributed by atoms with Crippen LogP contribution in [0, 0.1) is 0 Å². The van der Waals surface area contributed by atoms with Crippen molar-refractivity contribution in [3.63, 3.8) is 0 Å².